The van der Waals surface area contributed by atoms with E-state index in [9.17, 15) is 19.5 Å². The second-order valence-corrected chi connectivity index (χ2v) is 10.3. The van der Waals surface area contributed by atoms with Crippen LogP contribution in [-0.4, -0.2) is 26.3 Å². The van der Waals surface area contributed by atoms with Gasteiger partial charge in [-0.15, -0.1) is 0 Å². The Morgan fingerprint density at radius 1 is 0.921 bits per heavy atom. The van der Waals surface area contributed by atoms with Crippen molar-refractivity contribution in [1.82, 2.24) is 9.36 Å². The van der Waals surface area contributed by atoms with E-state index in [2.05, 4.69) is 18.3 Å². The number of carbonyl (C=O) groups is 2. The fourth-order valence-corrected chi connectivity index (χ4v) is 4.67. The third-order valence-corrected chi connectivity index (χ3v) is 7.08. The number of anilines is 1. The summed E-state index contributed by atoms with van der Waals surface area (Å²) in [6.07, 6.45) is 19.5. The number of carboxylic acid groups (broad SMARTS) is 1. The molecule has 7 nitrogen and oxygen atoms in total. The van der Waals surface area contributed by atoms with Crippen molar-refractivity contribution in [1.29, 1.82) is 0 Å². The van der Waals surface area contributed by atoms with Gasteiger partial charge in [0, 0.05) is 24.5 Å². The molecule has 2 N–H and O–H groups in total. The molecule has 0 saturated heterocycles. The smallest absolute Gasteiger partial charge is 0.304 e. The minimum Gasteiger partial charge on any atom is -0.481 e. The van der Waals surface area contributed by atoms with Gasteiger partial charge >= 0.3 is 5.97 Å². The van der Waals surface area contributed by atoms with Gasteiger partial charge in [-0.05, 0) is 50.5 Å². The molecule has 0 aliphatic rings. The molecule has 1 heterocycles. The molecule has 1 aromatic carbocycles. The first-order chi connectivity index (χ1) is 18.3. The number of carbonyl (C=O) groups excluding carboxylic acids is 1. The topological polar surface area (TPSA) is 93.3 Å². The first-order valence-electron chi connectivity index (χ1n) is 14.4. The zero-order chi connectivity index (χ0) is 27.8. The second-order valence-electron chi connectivity index (χ2n) is 10.3. The standard InChI is InChI=1S/C31H47N3O4/c1-4-5-6-7-8-9-10-11-12-13-14-15-16-17-18-26(24-30(36)37)31(38)32-27-19-21-28(22-20-27)34-29(35)23-25(2)33(34)3/h16-17,19-23,26H,4-15,18,24H2,1-3H3,(H,32,38)(H,36,37)/b17-16+. The summed E-state index contributed by atoms with van der Waals surface area (Å²) in [5.41, 5.74) is 1.98. The molecule has 210 valence electrons. The normalized spacial score (nSPS) is 12.2. The number of aryl methyl sites for hydroxylation is 1. The number of nitrogens with one attached hydrogen (secondary N) is 1. The van der Waals surface area contributed by atoms with Crippen molar-refractivity contribution >= 4 is 17.6 Å². The first-order valence-corrected chi connectivity index (χ1v) is 14.4. The molecular weight excluding hydrogens is 478 g/mol. The Hall–Kier alpha value is -3.09. The fraction of sp³-hybridized carbons (Fsp3) is 0.581. The number of carboxylic acids is 1. The summed E-state index contributed by atoms with van der Waals surface area (Å²) in [7, 11) is 1.81. The van der Waals surface area contributed by atoms with Crippen LogP contribution in [0.4, 0.5) is 5.69 Å². The van der Waals surface area contributed by atoms with Crippen LogP contribution in [0.25, 0.3) is 5.69 Å². The van der Waals surface area contributed by atoms with E-state index in [0.717, 1.165) is 18.5 Å². The molecule has 0 aliphatic carbocycles. The van der Waals surface area contributed by atoms with Crippen LogP contribution in [0.5, 0.6) is 0 Å². The SMILES string of the molecule is CCCCCCCCCCCCC/C=C/CC(CC(=O)O)C(=O)Nc1ccc(-n2c(=O)cc(C)n2C)cc1. The van der Waals surface area contributed by atoms with Gasteiger partial charge in [0.2, 0.25) is 5.91 Å². The van der Waals surface area contributed by atoms with E-state index in [1.54, 1.807) is 39.7 Å². The largest absolute Gasteiger partial charge is 0.481 e. The molecule has 1 amide bonds. The monoisotopic (exact) mass is 525 g/mol. The molecule has 1 unspecified atom stereocenters. The molecule has 0 radical (unpaired) electrons. The van der Waals surface area contributed by atoms with E-state index in [1.165, 1.54) is 64.2 Å². The predicted molar refractivity (Wildman–Crippen MR) is 155 cm³/mol. The molecule has 7 heteroatoms. The van der Waals surface area contributed by atoms with Gasteiger partial charge in [-0.1, -0.05) is 83.3 Å². The number of nitrogens with zero attached hydrogens (tertiary/aromatic N) is 2. The van der Waals surface area contributed by atoms with Crippen LogP contribution in [0.1, 0.15) is 103 Å². The lowest BCUT2D eigenvalue weighted by Gasteiger charge is -2.14. The number of amides is 1. The Labute approximate surface area is 227 Å². The van der Waals surface area contributed by atoms with Crippen molar-refractivity contribution in [3.63, 3.8) is 0 Å². The van der Waals surface area contributed by atoms with E-state index >= 15 is 0 Å². The van der Waals surface area contributed by atoms with Crippen LogP contribution >= 0.6 is 0 Å². The van der Waals surface area contributed by atoms with Crippen molar-refractivity contribution in [3.05, 3.63) is 58.5 Å². The van der Waals surface area contributed by atoms with Gasteiger partial charge in [-0.2, -0.15) is 0 Å². The molecule has 0 aliphatic heterocycles. The zero-order valence-corrected chi connectivity index (χ0v) is 23.6. The van der Waals surface area contributed by atoms with Gasteiger partial charge < -0.3 is 10.4 Å². The van der Waals surface area contributed by atoms with Gasteiger partial charge in [0.25, 0.3) is 5.56 Å². The molecule has 0 spiro atoms. The molecule has 0 bridgehead atoms. The van der Waals surface area contributed by atoms with Crippen LogP contribution in [-0.2, 0) is 16.6 Å². The predicted octanol–water partition coefficient (Wildman–Crippen LogP) is 7.16. The van der Waals surface area contributed by atoms with Gasteiger partial charge in [0.1, 0.15) is 0 Å². The zero-order valence-electron chi connectivity index (χ0n) is 23.6. The van der Waals surface area contributed by atoms with Crippen LogP contribution in [0.2, 0.25) is 0 Å². The first kappa shape index (κ1) is 31.1. The summed E-state index contributed by atoms with van der Waals surface area (Å²) >= 11 is 0. The number of hydrogen-bond acceptors (Lipinski definition) is 3. The second kappa shape index (κ2) is 17.4. The minimum atomic E-state index is -0.988. The van der Waals surface area contributed by atoms with E-state index in [-0.39, 0.29) is 17.9 Å². The summed E-state index contributed by atoms with van der Waals surface area (Å²) < 4.78 is 3.32. The molecule has 0 saturated carbocycles. The molecular formula is C31H47N3O4. The maximum Gasteiger partial charge on any atom is 0.304 e. The number of benzene rings is 1. The van der Waals surface area contributed by atoms with Crippen LogP contribution < -0.4 is 10.9 Å². The molecule has 38 heavy (non-hydrogen) atoms. The van der Waals surface area contributed by atoms with Crippen LogP contribution in [0.15, 0.2) is 47.3 Å². The molecule has 0 fully saturated rings. The lowest BCUT2D eigenvalue weighted by atomic mass is 9.99. The van der Waals surface area contributed by atoms with Crippen LogP contribution in [0, 0.1) is 12.8 Å². The van der Waals surface area contributed by atoms with Crippen molar-refractivity contribution in [2.45, 2.75) is 104 Å². The summed E-state index contributed by atoms with van der Waals surface area (Å²) in [6.45, 7) is 4.11. The summed E-state index contributed by atoms with van der Waals surface area (Å²) in [6, 6.07) is 8.54. The van der Waals surface area contributed by atoms with E-state index in [1.807, 2.05) is 20.0 Å². The lowest BCUT2D eigenvalue weighted by molar-refractivity contribution is -0.140. The minimum absolute atomic E-state index is 0.122. The lowest BCUT2D eigenvalue weighted by Crippen LogP contribution is -2.25. The summed E-state index contributed by atoms with van der Waals surface area (Å²) in [5.74, 6) is -1.94. The van der Waals surface area contributed by atoms with Crippen molar-refractivity contribution in [3.8, 4) is 5.69 Å². The highest BCUT2D eigenvalue weighted by atomic mass is 16.4. The molecule has 1 atom stereocenters. The van der Waals surface area contributed by atoms with E-state index in [4.69, 9.17) is 0 Å². The number of allylic oxidation sites excluding steroid dienone is 2. The highest BCUT2D eigenvalue weighted by Gasteiger charge is 2.20. The number of rotatable bonds is 19. The van der Waals surface area contributed by atoms with Gasteiger partial charge in [-0.25, -0.2) is 4.68 Å². The quantitative estimate of drug-likeness (QED) is 0.150. The Balaban J connectivity index is 1.73. The molecule has 1 aromatic heterocycles. The third kappa shape index (κ3) is 11.1. The highest BCUT2D eigenvalue weighted by Crippen LogP contribution is 2.18. The Kier molecular flexibility index (Phi) is 14.3. The van der Waals surface area contributed by atoms with Crippen molar-refractivity contribution in [2.24, 2.45) is 13.0 Å². The van der Waals surface area contributed by atoms with Crippen molar-refractivity contribution in [2.75, 3.05) is 5.32 Å². The Morgan fingerprint density at radius 3 is 2.03 bits per heavy atom. The van der Waals surface area contributed by atoms with Gasteiger partial charge in [0.15, 0.2) is 0 Å². The number of unbranched alkanes of at least 4 members (excludes halogenated alkanes) is 11. The molecule has 2 aromatic rings. The number of hydrogen-bond donors (Lipinski definition) is 2. The summed E-state index contributed by atoms with van der Waals surface area (Å²) in [5, 5.41) is 12.1. The maximum atomic E-state index is 12.8. The van der Waals surface area contributed by atoms with E-state index < -0.39 is 11.9 Å². The highest BCUT2D eigenvalue weighted by molar-refractivity contribution is 5.94. The fourth-order valence-electron chi connectivity index (χ4n) is 4.67. The van der Waals surface area contributed by atoms with Gasteiger partial charge in [-0.3, -0.25) is 19.1 Å². The average Bonchev–Trinajstić information content (AvgIpc) is 3.14. The Bertz CT molecular complexity index is 1070. The van der Waals surface area contributed by atoms with Crippen molar-refractivity contribution < 1.29 is 14.7 Å². The maximum absolute atomic E-state index is 12.8. The number of aromatic nitrogens is 2. The number of aliphatic carboxylic acids is 1. The Morgan fingerprint density at radius 2 is 1.50 bits per heavy atom. The molecule has 2 rings (SSSR count). The average molecular weight is 526 g/mol. The third-order valence-electron chi connectivity index (χ3n) is 7.08. The van der Waals surface area contributed by atoms with Crippen LogP contribution in [0.3, 0.4) is 0 Å². The summed E-state index contributed by atoms with van der Waals surface area (Å²) in [4.78, 5) is 36.4. The van der Waals surface area contributed by atoms with Gasteiger partial charge in [0.05, 0.1) is 18.0 Å². The van der Waals surface area contributed by atoms with E-state index in [0.29, 0.717) is 17.8 Å².